The van der Waals surface area contributed by atoms with E-state index in [4.69, 9.17) is 21.1 Å². The highest BCUT2D eigenvalue weighted by Crippen LogP contribution is 2.29. The van der Waals surface area contributed by atoms with E-state index in [9.17, 15) is 4.79 Å². The number of halogens is 2. The molecule has 112 valence electrons. The minimum Gasteiger partial charge on any atom is -0.495 e. The normalized spacial score (nSPS) is 18.1. The Labute approximate surface area is 129 Å². The summed E-state index contributed by atoms with van der Waals surface area (Å²) in [4.78, 5) is 13.8. The molecule has 0 unspecified atom stereocenters. The maximum absolute atomic E-state index is 12.3. The highest BCUT2D eigenvalue weighted by Gasteiger charge is 2.25. The van der Waals surface area contributed by atoms with Gasteiger partial charge in [0.1, 0.15) is 11.9 Å². The van der Waals surface area contributed by atoms with Gasteiger partial charge in [0.25, 0.3) is 5.91 Å². The molecule has 1 fully saturated rings. The van der Waals surface area contributed by atoms with Crippen molar-refractivity contribution in [1.29, 1.82) is 0 Å². The second-order valence-electron chi connectivity index (χ2n) is 4.28. The molecule has 0 radical (unpaired) electrons. The van der Waals surface area contributed by atoms with Gasteiger partial charge in [-0.25, -0.2) is 0 Å². The molecule has 7 heteroatoms. The average Bonchev–Trinajstić information content (AvgIpc) is 2.46. The number of ether oxygens (including phenoxy) is 2. The third-order valence-corrected chi connectivity index (χ3v) is 3.35. The standard InChI is InChI=1S/C13H17ClN2O3.ClH/c1-16(13(17)12-8-15-5-6-19-12)9-3-4-11(18-2)10(14)7-9;/h3-4,7,12,15H,5-6,8H2,1-2H3;1H/t12-;/m1./s1. The number of methoxy groups -OCH3 is 1. The first kappa shape index (κ1) is 17.0. The third kappa shape index (κ3) is 3.76. The van der Waals surface area contributed by atoms with Crippen LogP contribution in [0, 0.1) is 0 Å². The van der Waals surface area contributed by atoms with E-state index in [2.05, 4.69) is 5.32 Å². The molecule has 1 atom stereocenters. The van der Waals surface area contributed by atoms with E-state index >= 15 is 0 Å². The Bertz CT molecular complexity index is 465. The van der Waals surface area contributed by atoms with Gasteiger partial charge in [0.15, 0.2) is 0 Å². The van der Waals surface area contributed by atoms with Crippen molar-refractivity contribution in [2.45, 2.75) is 6.10 Å². The monoisotopic (exact) mass is 320 g/mol. The summed E-state index contributed by atoms with van der Waals surface area (Å²) < 4.78 is 10.5. The number of hydrogen-bond donors (Lipinski definition) is 1. The van der Waals surface area contributed by atoms with Crippen LogP contribution in [0.25, 0.3) is 0 Å². The molecule has 0 spiro atoms. The molecule has 1 amide bonds. The molecule has 1 aromatic carbocycles. The zero-order valence-electron chi connectivity index (χ0n) is 11.4. The highest BCUT2D eigenvalue weighted by atomic mass is 35.5. The average molecular weight is 321 g/mol. The quantitative estimate of drug-likeness (QED) is 0.921. The van der Waals surface area contributed by atoms with Crippen LogP contribution in [-0.2, 0) is 9.53 Å². The molecule has 1 saturated heterocycles. The van der Waals surface area contributed by atoms with Gasteiger partial charge in [0.05, 0.1) is 18.7 Å². The number of carbonyl (C=O) groups is 1. The number of morpholine rings is 1. The van der Waals surface area contributed by atoms with E-state index in [1.54, 1.807) is 37.3 Å². The molecular weight excluding hydrogens is 303 g/mol. The maximum Gasteiger partial charge on any atom is 0.257 e. The van der Waals surface area contributed by atoms with Crippen molar-refractivity contribution in [3.05, 3.63) is 23.2 Å². The van der Waals surface area contributed by atoms with Gasteiger partial charge in [-0.3, -0.25) is 4.79 Å². The minimum absolute atomic E-state index is 0. The van der Waals surface area contributed by atoms with Gasteiger partial charge in [-0.1, -0.05) is 11.6 Å². The minimum atomic E-state index is -0.445. The third-order valence-electron chi connectivity index (χ3n) is 3.06. The summed E-state index contributed by atoms with van der Waals surface area (Å²) >= 11 is 6.06. The molecule has 1 N–H and O–H groups in total. The van der Waals surface area contributed by atoms with E-state index in [0.29, 0.717) is 29.6 Å². The van der Waals surface area contributed by atoms with Crippen LogP contribution in [0.15, 0.2) is 18.2 Å². The Morgan fingerprint density at radius 3 is 2.85 bits per heavy atom. The number of likely N-dealkylation sites (N-methyl/N-ethyl adjacent to an activating group) is 1. The largest absolute Gasteiger partial charge is 0.495 e. The van der Waals surface area contributed by atoms with Gasteiger partial charge in [-0.15, -0.1) is 12.4 Å². The second kappa shape index (κ2) is 7.69. The van der Waals surface area contributed by atoms with Gasteiger partial charge in [-0.05, 0) is 18.2 Å². The summed E-state index contributed by atoms with van der Waals surface area (Å²) in [5.41, 5.74) is 0.713. The Balaban J connectivity index is 0.00000200. The molecule has 0 saturated carbocycles. The molecule has 0 aliphatic carbocycles. The van der Waals surface area contributed by atoms with E-state index in [-0.39, 0.29) is 18.3 Å². The summed E-state index contributed by atoms with van der Waals surface area (Å²) in [6.07, 6.45) is -0.445. The molecule has 0 aromatic heterocycles. The SMILES string of the molecule is COc1ccc(N(C)C(=O)[C@H]2CNCCO2)cc1Cl.Cl. The molecule has 20 heavy (non-hydrogen) atoms. The van der Waals surface area contributed by atoms with Gasteiger partial charge in [0.2, 0.25) is 0 Å². The second-order valence-corrected chi connectivity index (χ2v) is 4.69. The fourth-order valence-corrected chi connectivity index (χ4v) is 2.18. The van der Waals surface area contributed by atoms with Crippen molar-refractivity contribution in [2.75, 3.05) is 38.8 Å². The summed E-state index contributed by atoms with van der Waals surface area (Å²) in [6, 6.07) is 5.23. The lowest BCUT2D eigenvalue weighted by Crippen LogP contribution is -2.48. The van der Waals surface area contributed by atoms with Crippen LogP contribution in [0.2, 0.25) is 5.02 Å². The number of hydrogen-bond acceptors (Lipinski definition) is 4. The first-order valence-corrected chi connectivity index (χ1v) is 6.44. The van der Waals surface area contributed by atoms with E-state index < -0.39 is 6.10 Å². The van der Waals surface area contributed by atoms with Gasteiger partial charge >= 0.3 is 0 Å². The number of benzene rings is 1. The van der Waals surface area contributed by atoms with Gasteiger partial charge in [-0.2, -0.15) is 0 Å². The van der Waals surface area contributed by atoms with Crippen LogP contribution < -0.4 is 15.0 Å². The summed E-state index contributed by atoms with van der Waals surface area (Å²) in [6.45, 7) is 1.86. The zero-order valence-corrected chi connectivity index (χ0v) is 13.0. The van der Waals surface area contributed by atoms with Crippen molar-refractivity contribution in [3.8, 4) is 5.75 Å². The van der Waals surface area contributed by atoms with Crippen molar-refractivity contribution < 1.29 is 14.3 Å². The van der Waals surface area contributed by atoms with E-state index in [1.807, 2.05) is 0 Å². The predicted octanol–water partition coefficient (Wildman–Crippen LogP) is 1.72. The molecule has 2 rings (SSSR count). The van der Waals surface area contributed by atoms with Crippen molar-refractivity contribution >= 4 is 35.6 Å². The number of rotatable bonds is 3. The molecule has 0 bridgehead atoms. The Morgan fingerprint density at radius 2 is 2.30 bits per heavy atom. The topological polar surface area (TPSA) is 50.8 Å². The van der Waals surface area contributed by atoms with Crippen LogP contribution in [0.1, 0.15) is 0 Å². The molecule has 1 aliphatic rings. The number of amides is 1. The van der Waals surface area contributed by atoms with Gasteiger partial charge < -0.3 is 19.7 Å². The van der Waals surface area contributed by atoms with Crippen molar-refractivity contribution in [3.63, 3.8) is 0 Å². The van der Waals surface area contributed by atoms with Crippen LogP contribution >= 0.6 is 24.0 Å². The van der Waals surface area contributed by atoms with Crippen molar-refractivity contribution in [1.82, 2.24) is 5.32 Å². The number of nitrogens with one attached hydrogen (secondary N) is 1. The fraction of sp³-hybridized carbons (Fsp3) is 0.462. The zero-order chi connectivity index (χ0) is 13.8. The predicted molar refractivity (Wildman–Crippen MR) is 81.3 cm³/mol. The van der Waals surface area contributed by atoms with Crippen LogP contribution in [-0.4, -0.2) is 45.9 Å². The Kier molecular flexibility index (Phi) is 6.55. The van der Waals surface area contributed by atoms with E-state index in [1.165, 1.54) is 0 Å². The van der Waals surface area contributed by atoms with Crippen molar-refractivity contribution in [2.24, 2.45) is 0 Å². The Hall–Kier alpha value is -1.01. The summed E-state index contributed by atoms with van der Waals surface area (Å²) in [5, 5.41) is 3.61. The fourth-order valence-electron chi connectivity index (χ4n) is 1.93. The highest BCUT2D eigenvalue weighted by molar-refractivity contribution is 6.32. The number of carbonyl (C=O) groups excluding carboxylic acids is 1. The van der Waals surface area contributed by atoms with Crippen LogP contribution in [0.3, 0.4) is 0 Å². The molecule has 1 heterocycles. The lowest BCUT2D eigenvalue weighted by molar-refractivity contribution is -0.131. The smallest absolute Gasteiger partial charge is 0.257 e. The molecular formula is C13H18Cl2N2O3. The molecule has 1 aliphatic heterocycles. The van der Waals surface area contributed by atoms with Gasteiger partial charge in [0, 0.05) is 25.8 Å². The maximum atomic E-state index is 12.3. The van der Waals surface area contributed by atoms with E-state index in [0.717, 1.165) is 6.54 Å². The lowest BCUT2D eigenvalue weighted by Gasteiger charge is -2.27. The summed E-state index contributed by atoms with van der Waals surface area (Å²) in [5.74, 6) is 0.496. The number of nitrogens with zero attached hydrogens (tertiary/aromatic N) is 1. The van der Waals surface area contributed by atoms with Crippen LogP contribution in [0.4, 0.5) is 5.69 Å². The first-order chi connectivity index (χ1) is 9.13. The Morgan fingerprint density at radius 1 is 1.55 bits per heavy atom. The number of anilines is 1. The summed E-state index contributed by atoms with van der Waals surface area (Å²) in [7, 11) is 3.26. The lowest BCUT2D eigenvalue weighted by atomic mass is 10.2. The molecule has 5 nitrogen and oxygen atoms in total. The molecule has 1 aromatic rings. The first-order valence-electron chi connectivity index (χ1n) is 6.07. The van der Waals surface area contributed by atoms with Crippen LogP contribution in [0.5, 0.6) is 5.75 Å².